The van der Waals surface area contributed by atoms with Crippen LogP contribution < -0.4 is 21.1 Å². The maximum absolute atomic E-state index is 7.57. The Morgan fingerprint density at radius 1 is 1.31 bits per heavy atom. The van der Waals surface area contributed by atoms with Crippen LogP contribution in [0.1, 0.15) is 19.3 Å². The van der Waals surface area contributed by atoms with Gasteiger partial charge in [-0.1, -0.05) is 0 Å². The van der Waals surface area contributed by atoms with Crippen molar-refractivity contribution in [3.05, 3.63) is 30.5 Å². The van der Waals surface area contributed by atoms with Crippen molar-refractivity contribution >= 4 is 29.0 Å². The highest BCUT2D eigenvalue weighted by atomic mass is 16.5. The second-order valence-corrected chi connectivity index (χ2v) is 6.20. The van der Waals surface area contributed by atoms with Gasteiger partial charge in [0.05, 0.1) is 19.1 Å². The Morgan fingerprint density at radius 2 is 2.08 bits per heavy atom. The minimum absolute atomic E-state index is 0.118. The molecule has 0 bridgehead atoms. The maximum atomic E-state index is 7.57. The first kappa shape index (κ1) is 17.6. The van der Waals surface area contributed by atoms with Gasteiger partial charge < -0.3 is 21.1 Å². The molecule has 6 N–H and O–H groups in total. The molecule has 1 aromatic heterocycles. The smallest absolute Gasteiger partial charge is 0.224 e. The molecule has 1 aliphatic rings. The Balaban J connectivity index is 1.73. The molecule has 26 heavy (non-hydrogen) atoms. The van der Waals surface area contributed by atoms with Gasteiger partial charge in [0.25, 0.3) is 0 Å². The van der Waals surface area contributed by atoms with Crippen molar-refractivity contribution in [1.29, 1.82) is 10.9 Å². The molecular weight excluding hydrogens is 332 g/mol. The second kappa shape index (κ2) is 7.77. The fourth-order valence-electron chi connectivity index (χ4n) is 3.01. The van der Waals surface area contributed by atoms with E-state index in [4.69, 9.17) is 21.4 Å². The Bertz CT molecular complexity index is 792. The molecule has 0 unspecified atom stereocenters. The summed E-state index contributed by atoms with van der Waals surface area (Å²) in [6, 6.07) is 7.56. The summed E-state index contributed by atoms with van der Waals surface area (Å²) in [5, 5.41) is 17.5. The molecule has 0 radical (unpaired) electrons. The summed E-state index contributed by atoms with van der Waals surface area (Å²) in [7, 11) is 1.61. The van der Waals surface area contributed by atoms with Crippen molar-refractivity contribution in [1.82, 2.24) is 9.97 Å². The van der Waals surface area contributed by atoms with Crippen molar-refractivity contribution in [3.8, 4) is 5.75 Å². The van der Waals surface area contributed by atoms with Gasteiger partial charge in [0.15, 0.2) is 5.82 Å². The molecule has 2 atom stereocenters. The van der Waals surface area contributed by atoms with Gasteiger partial charge >= 0.3 is 0 Å². The van der Waals surface area contributed by atoms with Gasteiger partial charge in [-0.15, -0.1) is 0 Å². The van der Waals surface area contributed by atoms with E-state index >= 15 is 0 Å². The minimum Gasteiger partial charge on any atom is -0.497 e. The summed E-state index contributed by atoms with van der Waals surface area (Å²) < 4.78 is 5.15. The second-order valence-electron chi connectivity index (χ2n) is 6.20. The molecule has 1 saturated carbocycles. The molecule has 9 nitrogen and oxygen atoms in total. The quantitative estimate of drug-likeness (QED) is 0.293. The zero-order chi connectivity index (χ0) is 18.5. The van der Waals surface area contributed by atoms with Crippen LogP contribution in [0.15, 0.2) is 35.6 Å². The molecule has 0 spiro atoms. The van der Waals surface area contributed by atoms with Crippen molar-refractivity contribution in [2.45, 2.75) is 25.3 Å². The van der Waals surface area contributed by atoms with Crippen LogP contribution in [0.3, 0.4) is 0 Å². The standard InChI is InChI=1S/C17H22N8O/c1-26-13-6-4-11(5-7-13)22-16-14(25-20)9-21-17(24-16)23-12-3-2-10(8-12)15(18)19/h4-7,9-10,12,20H,2-3,8H2,1H3,(H3,18,19)(H2,21,22,23,24)/t10-,12+/m0/s1. The van der Waals surface area contributed by atoms with E-state index in [0.29, 0.717) is 17.5 Å². The third-order valence-corrected chi connectivity index (χ3v) is 4.45. The lowest BCUT2D eigenvalue weighted by molar-refractivity contribution is 0.415. The first-order valence-corrected chi connectivity index (χ1v) is 8.35. The lowest BCUT2D eigenvalue weighted by Crippen LogP contribution is -2.23. The Kier molecular flexibility index (Phi) is 5.26. The zero-order valence-electron chi connectivity index (χ0n) is 14.5. The Hall–Kier alpha value is -3.23. The SMILES string of the molecule is COc1ccc(Nc2nc(N[C@@H]3CC[C@H](C(=N)N)C3)ncc2N=N)cc1. The van der Waals surface area contributed by atoms with E-state index in [1.54, 1.807) is 7.11 Å². The highest BCUT2D eigenvalue weighted by Gasteiger charge is 2.27. The summed E-state index contributed by atoms with van der Waals surface area (Å²) in [4.78, 5) is 8.68. The third-order valence-electron chi connectivity index (χ3n) is 4.45. The van der Waals surface area contributed by atoms with Crippen LogP contribution in [0.2, 0.25) is 0 Å². The number of hydrogen-bond acceptors (Lipinski definition) is 8. The number of amidine groups is 1. The number of nitrogens with zero attached hydrogens (tertiary/aromatic N) is 3. The number of aromatic nitrogens is 2. The lowest BCUT2D eigenvalue weighted by Gasteiger charge is -2.14. The number of nitrogens with two attached hydrogens (primary N) is 1. The summed E-state index contributed by atoms with van der Waals surface area (Å²) in [5.41, 5.74) is 14.1. The molecule has 1 fully saturated rings. The van der Waals surface area contributed by atoms with Crippen LogP contribution in [0.25, 0.3) is 0 Å². The molecule has 3 rings (SSSR count). The van der Waals surface area contributed by atoms with Gasteiger partial charge in [-0.05, 0) is 43.5 Å². The number of hydrogen-bond donors (Lipinski definition) is 5. The number of anilines is 3. The fraction of sp³-hybridized carbons (Fsp3) is 0.353. The van der Waals surface area contributed by atoms with E-state index in [1.165, 1.54) is 6.20 Å². The Morgan fingerprint density at radius 3 is 2.69 bits per heavy atom. The predicted molar refractivity (Wildman–Crippen MR) is 99.8 cm³/mol. The molecule has 9 heteroatoms. The number of methoxy groups -OCH3 is 1. The average Bonchev–Trinajstić information content (AvgIpc) is 3.11. The third kappa shape index (κ3) is 4.05. The predicted octanol–water partition coefficient (Wildman–Crippen LogP) is 3.41. The molecule has 136 valence electrons. The van der Waals surface area contributed by atoms with Crippen LogP contribution >= 0.6 is 0 Å². The molecule has 0 saturated heterocycles. The van der Waals surface area contributed by atoms with E-state index in [0.717, 1.165) is 30.7 Å². The fourth-order valence-corrected chi connectivity index (χ4v) is 3.01. The van der Waals surface area contributed by atoms with E-state index in [-0.39, 0.29) is 17.8 Å². The normalized spacial score (nSPS) is 19.0. The molecule has 2 aromatic rings. The van der Waals surface area contributed by atoms with Gasteiger partial charge in [-0.3, -0.25) is 5.41 Å². The van der Waals surface area contributed by atoms with E-state index in [2.05, 4.69) is 25.7 Å². The number of rotatable bonds is 7. The van der Waals surface area contributed by atoms with Crippen LogP contribution in [0.4, 0.5) is 23.1 Å². The molecule has 1 aromatic carbocycles. The van der Waals surface area contributed by atoms with E-state index in [9.17, 15) is 0 Å². The van der Waals surface area contributed by atoms with Crippen molar-refractivity contribution < 1.29 is 4.74 Å². The molecule has 1 heterocycles. The van der Waals surface area contributed by atoms with Gasteiger partial charge in [-0.25, -0.2) is 10.5 Å². The largest absolute Gasteiger partial charge is 0.497 e. The number of benzene rings is 1. The maximum Gasteiger partial charge on any atom is 0.224 e. The van der Waals surface area contributed by atoms with Crippen LogP contribution in [-0.4, -0.2) is 29.0 Å². The molecule has 1 aliphatic carbocycles. The van der Waals surface area contributed by atoms with Crippen molar-refractivity contribution in [2.75, 3.05) is 17.7 Å². The van der Waals surface area contributed by atoms with Gasteiger partial charge in [0, 0.05) is 17.6 Å². The van der Waals surface area contributed by atoms with Crippen molar-refractivity contribution in [2.24, 2.45) is 16.8 Å². The number of nitrogens with one attached hydrogen (secondary N) is 4. The average molecular weight is 354 g/mol. The first-order chi connectivity index (χ1) is 12.6. The highest BCUT2D eigenvalue weighted by Crippen LogP contribution is 2.30. The lowest BCUT2D eigenvalue weighted by atomic mass is 10.1. The van der Waals surface area contributed by atoms with E-state index in [1.807, 2.05) is 24.3 Å². The Labute approximate surface area is 151 Å². The highest BCUT2D eigenvalue weighted by molar-refractivity contribution is 5.80. The molecule has 0 amide bonds. The topological polar surface area (TPSA) is 145 Å². The van der Waals surface area contributed by atoms with Gasteiger partial charge in [0.1, 0.15) is 11.4 Å². The van der Waals surface area contributed by atoms with Gasteiger partial charge in [-0.2, -0.15) is 10.1 Å². The van der Waals surface area contributed by atoms with Gasteiger partial charge in [0.2, 0.25) is 5.95 Å². The number of ether oxygens (including phenoxy) is 1. The monoisotopic (exact) mass is 354 g/mol. The van der Waals surface area contributed by atoms with Crippen LogP contribution in [-0.2, 0) is 0 Å². The summed E-state index contributed by atoms with van der Waals surface area (Å²) in [6.45, 7) is 0. The van der Waals surface area contributed by atoms with Crippen LogP contribution in [0, 0.1) is 16.9 Å². The molecular formula is C17H22N8O. The van der Waals surface area contributed by atoms with Crippen molar-refractivity contribution in [3.63, 3.8) is 0 Å². The zero-order valence-corrected chi connectivity index (χ0v) is 14.5. The minimum atomic E-state index is 0.118. The first-order valence-electron chi connectivity index (χ1n) is 8.35. The summed E-state index contributed by atoms with van der Waals surface area (Å²) in [6.07, 6.45) is 4.11. The van der Waals surface area contributed by atoms with Crippen LogP contribution in [0.5, 0.6) is 5.75 Å². The molecule has 0 aliphatic heterocycles. The summed E-state index contributed by atoms with van der Waals surface area (Å²) in [5.74, 6) is 2.02. The van der Waals surface area contributed by atoms with E-state index < -0.39 is 0 Å². The summed E-state index contributed by atoms with van der Waals surface area (Å²) >= 11 is 0.